The first kappa shape index (κ1) is 44.2. The SMILES string of the molecule is C=Cc1c(/C=C\C)c2cc(-c3ccc4c(c3)c3c(-c5ccc6c(c5)c5ccccc5n6-c5ccccc5)nc(-c5ccc6c(c5)c5ccccc5n6-c5ccccc5)nc3n4-c3ccccc3)ccc2n1-c1ccccc1. The molecule has 0 fully saturated rings. The van der Waals surface area contributed by atoms with Gasteiger partial charge in [-0.3, -0.25) is 4.57 Å². The van der Waals surface area contributed by atoms with Gasteiger partial charge in [0.15, 0.2) is 5.82 Å². The van der Waals surface area contributed by atoms with E-state index in [1.54, 1.807) is 0 Å². The van der Waals surface area contributed by atoms with Crippen molar-refractivity contribution in [1.82, 2.24) is 28.2 Å². The number of rotatable bonds is 9. The first-order chi connectivity index (χ1) is 38.1. The van der Waals surface area contributed by atoms with Crippen molar-refractivity contribution in [2.75, 3.05) is 0 Å². The van der Waals surface area contributed by atoms with Gasteiger partial charge in [-0.1, -0.05) is 146 Å². The Morgan fingerprint density at radius 1 is 0.351 bits per heavy atom. The molecule has 5 aromatic heterocycles. The number of allylic oxidation sites excluding steroid dienone is 1. The van der Waals surface area contributed by atoms with Crippen molar-refractivity contribution < 1.29 is 0 Å². The molecule has 5 heterocycles. The summed E-state index contributed by atoms with van der Waals surface area (Å²) in [6.45, 7) is 6.37. The Morgan fingerprint density at radius 2 is 0.753 bits per heavy atom. The van der Waals surface area contributed by atoms with Gasteiger partial charge in [-0.2, -0.15) is 0 Å². The zero-order valence-electron chi connectivity index (χ0n) is 42.2. The minimum absolute atomic E-state index is 0.654. The van der Waals surface area contributed by atoms with Gasteiger partial charge < -0.3 is 13.7 Å². The molecule has 0 radical (unpaired) electrons. The molecule has 0 bridgehead atoms. The average molecular weight is 985 g/mol. The molecule has 15 rings (SSSR count). The molecule has 0 saturated heterocycles. The second kappa shape index (κ2) is 17.7. The van der Waals surface area contributed by atoms with Gasteiger partial charge in [0.25, 0.3) is 0 Å². The van der Waals surface area contributed by atoms with E-state index in [2.05, 4.69) is 287 Å². The molecule has 0 unspecified atom stereocenters. The molecule has 0 amide bonds. The number of hydrogen-bond acceptors (Lipinski definition) is 2. The third-order valence-corrected chi connectivity index (χ3v) is 15.4. The molecule has 0 aliphatic heterocycles. The van der Waals surface area contributed by atoms with Gasteiger partial charge in [0, 0.05) is 71.8 Å². The summed E-state index contributed by atoms with van der Waals surface area (Å²) in [5.41, 5.74) is 19.2. The lowest BCUT2D eigenvalue weighted by molar-refractivity contribution is 1.11. The van der Waals surface area contributed by atoms with Crippen LogP contribution >= 0.6 is 0 Å². The van der Waals surface area contributed by atoms with Crippen LogP contribution in [0.25, 0.3) is 145 Å². The van der Waals surface area contributed by atoms with E-state index in [4.69, 9.17) is 9.97 Å². The Balaban J connectivity index is 1.02. The third kappa shape index (κ3) is 6.89. The standard InChI is InChI=1S/C71H48N6/c1-3-21-54-57-42-46(34-38-64(57)74(61(54)4-2)50-22-9-5-10-23-50)47-35-39-67-60(43-47)68-69(48-36-40-65-58(44-48)55-30-17-19-32-62(55)75(65)51-24-11-6-12-25-51)72-70(73-71(68)77(67)53-28-15-8-16-29-53)49-37-41-66-59(45-49)56-31-18-20-33-63(56)76(66)52-26-13-7-14-27-52/h3-45H,2H2,1H3/b21-3-. The first-order valence-corrected chi connectivity index (χ1v) is 26.2. The summed E-state index contributed by atoms with van der Waals surface area (Å²) in [6, 6.07) is 87.1. The van der Waals surface area contributed by atoms with Gasteiger partial charge in [-0.25, -0.2) is 9.97 Å². The second-order valence-electron chi connectivity index (χ2n) is 19.7. The second-order valence-corrected chi connectivity index (χ2v) is 19.7. The van der Waals surface area contributed by atoms with E-state index in [9.17, 15) is 0 Å². The number of para-hydroxylation sites is 6. The maximum atomic E-state index is 5.77. The zero-order chi connectivity index (χ0) is 51.1. The van der Waals surface area contributed by atoms with Crippen LogP contribution in [0, 0.1) is 0 Å². The van der Waals surface area contributed by atoms with Gasteiger partial charge in [0.2, 0.25) is 0 Å². The molecule has 0 spiro atoms. The van der Waals surface area contributed by atoms with Gasteiger partial charge in [0.05, 0.1) is 49.9 Å². The van der Waals surface area contributed by atoms with Crippen molar-refractivity contribution >= 4 is 88.6 Å². The molecule has 10 aromatic carbocycles. The molecule has 77 heavy (non-hydrogen) atoms. The van der Waals surface area contributed by atoms with Crippen LogP contribution in [0.2, 0.25) is 0 Å². The maximum Gasteiger partial charge on any atom is 0.162 e. The van der Waals surface area contributed by atoms with Gasteiger partial charge in [0.1, 0.15) is 5.65 Å². The molecule has 362 valence electrons. The van der Waals surface area contributed by atoms with Crippen LogP contribution in [0.4, 0.5) is 0 Å². The smallest absolute Gasteiger partial charge is 0.162 e. The van der Waals surface area contributed by atoms with Gasteiger partial charge in [-0.15, -0.1) is 0 Å². The summed E-state index contributed by atoms with van der Waals surface area (Å²) in [7, 11) is 0. The van der Waals surface area contributed by atoms with Gasteiger partial charge >= 0.3 is 0 Å². The van der Waals surface area contributed by atoms with Crippen molar-refractivity contribution in [1.29, 1.82) is 0 Å². The van der Waals surface area contributed by atoms with E-state index in [0.717, 1.165) is 128 Å². The Labute approximate surface area is 444 Å². The van der Waals surface area contributed by atoms with Crippen LogP contribution in [0.5, 0.6) is 0 Å². The molecule has 6 heteroatoms. The van der Waals surface area contributed by atoms with Crippen LogP contribution < -0.4 is 0 Å². The minimum Gasteiger partial charge on any atom is -0.309 e. The molecule has 0 atom stereocenters. The zero-order valence-corrected chi connectivity index (χ0v) is 42.2. The number of aromatic nitrogens is 6. The predicted octanol–water partition coefficient (Wildman–Crippen LogP) is 18.4. The van der Waals surface area contributed by atoms with E-state index in [1.807, 2.05) is 6.08 Å². The number of hydrogen-bond donors (Lipinski definition) is 0. The highest BCUT2D eigenvalue weighted by atomic mass is 15.1. The summed E-state index contributed by atoms with van der Waals surface area (Å²) >= 11 is 0. The lowest BCUT2D eigenvalue weighted by Crippen LogP contribution is -1.99. The Hall–Kier alpha value is -10.3. The molecular formula is C71H48N6. The van der Waals surface area contributed by atoms with E-state index in [0.29, 0.717) is 5.82 Å². The molecule has 6 nitrogen and oxygen atoms in total. The Kier molecular flexibility index (Phi) is 10.2. The van der Waals surface area contributed by atoms with Crippen molar-refractivity contribution in [3.05, 3.63) is 267 Å². The fourth-order valence-corrected chi connectivity index (χ4v) is 12.1. The van der Waals surface area contributed by atoms with Crippen LogP contribution in [0.15, 0.2) is 255 Å². The largest absolute Gasteiger partial charge is 0.309 e. The highest BCUT2D eigenvalue weighted by Crippen LogP contribution is 2.44. The first-order valence-electron chi connectivity index (χ1n) is 26.2. The summed E-state index contributed by atoms with van der Waals surface area (Å²) in [5, 5.41) is 7.87. The van der Waals surface area contributed by atoms with E-state index in [1.165, 1.54) is 10.8 Å². The molecule has 0 N–H and O–H groups in total. The van der Waals surface area contributed by atoms with Crippen molar-refractivity contribution in [3.63, 3.8) is 0 Å². The molecular weight excluding hydrogens is 937 g/mol. The highest BCUT2D eigenvalue weighted by molar-refractivity contribution is 6.17. The van der Waals surface area contributed by atoms with Crippen molar-refractivity contribution in [2.24, 2.45) is 0 Å². The number of fused-ring (bicyclic) bond motifs is 10. The number of nitrogens with zero attached hydrogens (tertiary/aromatic N) is 6. The highest BCUT2D eigenvalue weighted by Gasteiger charge is 2.25. The monoisotopic (exact) mass is 984 g/mol. The Morgan fingerprint density at radius 3 is 1.29 bits per heavy atom. The van der Waals surface area contributed by atoms with E-state index < -0.39 is 0 Å². The van der Waals surface area contributed by atoms with Gasteiger partial charge in [-0.05, 0) is 139 Å². The van der Waals surface area contributed by atoms with E-state index in [-0.39, 0.29) is 0 Å². The van der Waals surface area contributed by atoms with Crippen LogP contribution in [-0.2, 0) is 0 Å². The summed E-state index contributed by atoms with van der Waals surface area (Å²) < 4.78 is 9.36. The molecule has 15 aromatic rings. The van der Waals surface area contributed by atoms with Crippen LogP contribution in [0.3, 0.4) is 0 Å². The summed E-state index contributed by atoms with van der Waals surface area (Å²) in [4.78, 5) is 11.5. The maximum absolute atomic E-state index is 5.77. The predicted molar refractivity (Wildman–Crippen MR) is 323 cm³/mol. The molecule has 0 aliphatic rings. The van der Waals surface area contributed by atoms with Crippen molar-refractivity contribution in [3.8, 4) is 56.5 Å². The minimum atomic E-state index is 0.654. The topological polar surface area (TPSA) is 45.5 Å². The van der Waals surface area contributed by atoms with E-state index >= 15 is 0 Å². The lowest BCUT2D eigenvalue weighted by atomic mass is 9.98. The fourth-order valence-electron chi connectivity index (χ4n) is 12.1. The fraction of sp³-hybridized carbons (Fsp3) is 0.0141. The van der Waals surface area contributed by atoms with Crippen LogP contribution in [-0.4, -0.2) is 28.2 Å². The Bertz CT molecular complexity index is 4860. The third-order valence-electron chi connectivity index (χ3n) is 15.4. The summed E-state index contributed by atoms with van der Waals surface area (Å²) in [6.07, 6.45) is 6.29. The average Bonchev–Trinajstić information content (AvgIpc) is 4.34. The lowest BCUT2D eigenvalue weighted by Gasteiger charge is -2.12. The number of benzene rings is 10. The van der Waals surface area contributed by atoms with Crippen LogP contribution in [0.1, 0.15) is 18.2 Å². The normalized spacial score (nSPS) is 12.0. The van der Waals surface area contributed by atoms with Crippen molar-refractivity contribution in [2.45, 2.75) is 6.92 Å². The quantitative estimate of drug-likeness (QED) is 0.145. The molecule has 0 aliphatic carbocycles. The molecule has 0 saturated carbocycles. The summed E-state index contributed by atoms with van der Waals surface area (Å²) in [5.74, 6) is 0.654.